The summed E-state index contributed by atoms with van der Waals surface area (Å²) in [6.45, 7) is 0. The lowest BCUT2D eigenvalue weighted by atomic mass is 10.1. The summed E-state index contributed by atoms with van der Waals surface area (Å²) in [5, 5.41) is 2.70. The van der Waals surface area contributed by atoms with E-state index in [1.54, 1.807) is 6.07 Å². The minimum atomic E-state index is -2.93. The Morgan fingerprint density at radius 3 is 2.83 bits per heavy atom. The summed E-state index contributed by atoms with van der Waals surface area (Å²) in [6.07, 6.45) is 1.22. The molecular weight excluding hydrogens is 272 g/mol. The summed E-state index contributed by atoms with van der Waals surface area (Å²) in [4.78, 5) is 12.3. The van der Waals surface area contributed by atoms with E-state index in [4.69, 9.17) is 5.73 Å². The Morgan fingerprint density at radius 1 is 1.44 bits per heavy atom. The molecule has 1 aromatic rings. The fraction of sp³-hybridized carbons (Fsp3) is 0.364. The molecule has 1 aliphatic heterocycles. The third-order valence-electron chi connectivity index (χ3n) is 2.62. The van der Waals surface area contributed by atoms with Crippen molar-refractivity contribution in [3.63, 3.8) is 0 Å². The quantitative estimate of drug-likeness (QED) is 0.798. The molecule has 1 amide bonds. The molecule has 0 radical (unpaired) electrons. The molecule has 0 fully saturated rings. The van der Waals surface area contributed by atoms with Gasteiger partial charge in [-0.3, -0.25) is 4.79 Å². The van der Waals surface area contributed by atoms with Crippen LogP contribution in [0.2, 0.25) is 0 Å². The molecule has 5 nitrogen and oxygen atoms in total. The van der Waals surface area contributed by atoms with Gasteiger partial charge in [-0.2, -0.15) is 0 Å². The molecule has 0 bridgehead atoms. The topological polar surface area (TPSA) is 89.3 Å². The Bertz CT molecular complexity index is 584. The number of carbonyl (C=O) groups is 1. The lowest BCUT2D eigenvalue weighted by Gasteiger charge is -2.05. The SMILES string of the molecule is CS(=O)(=O)CCSc1ccc2c(c1)NC(=O)C2N. The molecule has 0 spiro atoms. The zero-order valence-corrected chi connectivity index (χ0v) is 11.5. The number of hydrogen-bond acceptors (Lipinski definition) is 5. The molecule has 1 aromatic carbocycles. The normalized spacial score (nSPS) is 18.6. The summed E-state index contributed by atoms with van der Waals surface area (Å²) in [5.74, 6) is 0.432. The van der Waals surface area contributed by atoms with Crippen LogP contribution in [0.1, 0.15) is 11.6 Å². The fourth-order valence-corrected chi connectivity index (χ4v) is 3.81. The average molecular weight is 286 g/mol. The van der Waals surface area contributed by atoms with Gasteiger partial charge < -0.3 is 11.1 Å². The van der Waals surface area contributed by atoms with E-state index in [0.717, 1.165) is 16.1 Å². The van der Waals surface area contributed by atoms with Crippen molar-refractivity contribution in [3.05, 3.63) is 23.8 Å². The van der Waals surface area contributed by atoms with Crippen molar-refractivity contribution in [2.75, 3.05) is 23.1 Å². The maximum absolute atomic E-state index is 11.4. The standard InChI is InChI=1S/C11H14N2O3S2/c1-18(15,16)5-4-17-7-2-3-8-9(6-7)13-11(14)10(8)12/h2-3,6,10H,4-5,12H2,1H3,(H,13,14). The number of fused-ring (bicyclic) bond motifs is 1. The molecule has 1 heterocycles. The Morgan fingerprint density at radius 2 is 2.17 bits per heavy atom. The Hall–Kier alpha value is -1.05. The van der Waals surface area contributed by atoms with Crippen LogP contribution < -0.4 is 11.1 Å². The van der Waals surface area contributed by atoms with Crippen molar-refractivity contribution in [1.29, 1.82) is 0 Å². The second kappa shape index (κ2) is 4.91. The summed E-state index contributed by atoms with van der Waals surface area (Å²) < 4.78 is 22.0. The molecule has 7 heteroatoms. The van der Waals surface area contributed by atoms with E-state index in [-0.39, 0.29) is 11.7 Å². The van der Waals surface area contributed by atoms with E-state index in [1.165, 1.54) is 18.0 Å². The van der Waals surface area contributed by atoms with E-state index < -0.39 is 15.9 Å². The summed E-state index contributed by atoms with van der Waals surface area (Å²) in [5.41, 5.74) is 7.20. The predicted octanol–water partition coefficient (Wildman–Crippen LogP) is 0.775. The minimum absolute atomic E-state index is 0.140. The van der Waals surface area contributed by atoms with Crippen LogP contribution in [-0.4, -0.2) is 32.1 Å². The number of amides is 1. The Labute approximate surface area is 110 Å². The summed E-state index contributed by atoms with van der Waals surface area (Å²) in [6, 6.07) is 4.88. The largest absolute Gasteiger partial charge is 0.324 e. The zero-order chi connectivity index (χ0) is 13.3. The van der Waals surface area contributed by atoms with Crippen molar-refractivity contribution in [2.24, 2.45) is 5.73 Å². The minimum Gasteiger partial charge on any atom is -0.324 e. The number of thioether (sulfide) groups is 1. The molecule has 0 saturated carbocycles. The summed E-state index contributed by atoms with van der Waals surface area (Å²) >= 11 is 1.44. The lowest BCUT2D eigenvalue weighted by Crippen LogP contribution is -2.19. The van der Waals surface area contributed by atoms with Crippen molar-refractivity contribution < 1.29 is 13.2 Å². The van der Waals surface area contributed by atoms with Crippen LogP contribution in [0.4, 0.5) is 5.69 Å². The van der Waals surface area contributed by atoms with Crippen molar-refractivity contribution in [3.8, 4) is 0 Å². The van der Waals surface area contributed by atoms with Crippen LogP contribution in [0.5, 0.6) is 0 Å². The van der Waals surface area contributed by atoms with Crippen molar-refractivity contribution in [1.82, 2.24) is 0 Å². The van der Waals surface area contributed by atoms with Crippen LogP contribution >= 0.6 is 11.8 Å². The van der Waals surface area contributed by atoms with E-state index in [0.29, 0.717) is 5.75 Å². The fourth-order valence-electron chi connectivity index (χ4n) is 1.67. The molecule has 0 saturated heterocycles. The third kappa shape index (κ3) is 3.04. The van der Waals surface area contributed by atoms with E-state index in [1.807, 2.05) is 12.1 Å². The molecule has 0 aromatic heterocycles. The van der Waals surface area contributed by atoms with Gasteiger partial charge in [0.15, 0.2) is 0 Å². The van der Waals surface area contributed by atoms with E-state index in [9.17, 15) is 13.2 Å². The second-order valence-corrected chi connectivity index (χ2v) is 7.62. The Kier molecular flexibility index (Phi) is 3.65. The van der Waals surface area contributed by atoms with Gasteiger partial charge in [-0.25, -0.2) is 8.42 Å². The van der Waals surface area contributed by atoms with Gasteiger partial charge in [-0.05, 0) is 12.1 Å². The zero-order valence-electron chi connectivity index (χ0n) is 9.84. The van der Waals surface area contributed by atoms with Gasteiger partial charge in [0, 0.05) is 28.2 Å². The third-order valence-corrected chi connectivity index (χ3v) is 4.82. The first-order valence-corrected chi connectivity index (χ1v) is 8.42. The molecule has 2 rings (SSSR count). The molecular formula is C11H14N2O3S2. The van der Waals surface area contributed by atoms with Crippen molar-refractivity contribution in [2.45, 2.75) is 10.9 Å². The second-order valence-electron chi connectivity index (χ2n) is 4.19. The highest BCUT2D eigenvalue weighted by atomic mass is 32.2. The molecule has 1 atom stereocenters. The number of nitrogens with one attached hydrogen (secondary N) is 1. The highest BCUT2D eigenvalue weighted by Crippen LogP contribution is 2.32. The van der Waals surface area contributed by atoms with Gasteiger partial charge in [-0.1, -0.05) is 6.07 Å². The van der Waals surface area contributed by atoms with Crippen LogP contribution in [0.25, 0.3) is 0 Å². The number of benzene rings is 1. The monoisotopic (exact) mass is 286 g/mol. The van der Waals surface area contributed by atoms with Gasteiger partial charge in [0.2, 0.25) is 5.91 Å². The van der Waals surface area contributed by atoms with Crippen LogP contribution in [0, 0.1) is 0 Å². The number of anilines is 1. The maximum Gasteiger partial charge on any atom is 0.245 e. The Balaban J connectivity index is 2.05. The van der Waals surface area contributed by atoms with Gasteiger partial charge in [0.05, 0.1) is 5.75 Å². The number of hydrogen-bond donors (Lipinski definition) is 2. The number of rotatable bonds is 4. The average Bonchev–Trinajstić information content (AvgIpc) is 2.53. The van der Waals surface area contributed by atoms with Crippen molar-refractivity contribution >= 4 is 33.2 Å². The molecule has 18 heavy (non-hydrogen) atoms. The van der Waals surface area contributed by atoms with Crippen LogP contribution in [0.15, 0.2) is 23.1 Å². The number of sulfone groups is 1. The lowest BCUT2D eigenvalue weighted by molar-refractivity contribution is -0.116. The number of carbonyl (C=O) groups excluding carboxylic acids is 1. The molecule has 3 N–H and O–H groups in total. The smallest absolute Gasteiger partial charge is 0.245 e. The van der Waals surface area contributed by atoms with E-state index in [2.05, 4.69) is 5.32 Å². The predicted molar refractivity (Wildman–Crippen MR) is 72.4 cm³/mol. The highest BCUT2D eigenvalue weighted by molar-refractivity contribution is 8.00. The molecule has 0 aliphatic carbocycles. The van der Waals surface area contributed by atoms with Gasteiger partial charge in [-0.15, -0.1) is 11.8 Å². The van der Waals surface area contributed by atoms with Gasteiger partial charge in [0.25, 0.3) is 0 Å². The maximum atomic E-state index is 11.4. The molecule has 1 aliphatic rings. The first kappa shape index (κ1) is 13.4. The highest BCUT2D eigenvalue weighted by Gasteiger charge is 2.26. The van der Waals surface area contributed by atoms with Crippen LogP contribution in [0.3, 0.4) is 0 Å². The molecule has 98 valence electrons. The number of nitrogens with two attached hydrogens (primary N) is 1. The van der Waals surface area contributed by atoms with E-state index >= 15 is 0 Å². The first-order chi connectivity index (χ1) is 8.37. The van der Waals surface area contributed by atoms with Gasteiger partial charge in [0.1, 0.15) is 15.9 Å². The molecule has 1 unspecified atom stereocenters. The van der Waals surface area contributed by atoms with Crippen LogP contribution in [-0.2, 0) is 14.6 Å². The first-order valence-electron chi connectivity index (χ1n) is 5.38. The van der Waals surface area contributed by atoms with Gasteiger partial charge >= 0.3 is 0 Å². The summed E-state index contributed by atoms with van der Waals surface area (Å²) in [7, 11) is -2.93.